The summed E-state index contributed by atoms with van der Waals surface area (Å²) in [5.41, 5.74) is -0.328. The van der Waals surface area contributed by atoms with Crippen molar-refractivity contribution in [3.8, 4) is 5.75 Å². The van der Waals surface area contributed by atoms with Crippen molar-refractivity contribution in [1.82, 2.24) is 0 Å². The molecule has 0 radical (unpaired) electrons. The molecule has 0 amide bonds. The number of hydrogen-bond donors (Lipinski definition) is 2. The van der Waals surface area contributed by atoms with Gasteiger partial charge in [-0.1, -0.05) is 0 Å². The average molecular weight is 220 g/mol. The van der Waals surface area contributed by atoms with E-state index in [-0.39, 0.29) is 5.56 Å². The summed E-state index contributed by atoms with van der Waals surface area (Å²) in [6.45, 7) is -0.728. The molecule has 14 heavy (non-hydrogen) atoms. The molecule has 1 rings (SSSR count). The van der Waals surface area contributed by atoms with Gasteiger partial charge in [0, 0.05) is 17.9 Å². The average Bonchev–Trinajstić information content (AvgIpc) is 2.01. The zero-order valence-corrected chi connectivity index (χ0v) is 8.18. The molecule has 0 saturated heterocycles. The number of halogens is 1. The minimum Gasteiger partial charge on any atom is -0.508 e. The van der Waals surface area contributed by atoms with Crippen molar-refractivity contribution < 1.29 is 23.0 Å². The van der Waals surface area contributed by atoms with E-state index in [1.54, 1.807) is 0 Å². The summed E-state index contributed by atoms with van der Waals surface area (Å²) >= 11 is 0. The molecule has 2 N–H and O–H groups in total. The Morgan fingerprint density at radius 1 is 1.43 bits per heavy atom. The van der Waals surface area contributed by atoms with E-state index in [1.807, 2.05) is 0 Å². The van der Waals surface area contributed by atoms with Crippen molar-refractivity contribution in [1.29, 1.82) is 0 Å². The van der Waals surface area contributed by atoms with Crippen LogP contribution >= 0.6 is 0 Å². The molecular weight excluding hydrogens is 211 g/mol. The highest BCUT2D eigenvalue weighted by Crippen LogP contribution is 2.24. The van der Waals surface area contributed by atoms with Crippen LogP contribution in [0.25, 0.3) is 0 Å². The van der Waals surface area contributed by atoms with Crippen LogP contribution < -0.4 is 0 Å². The van der Waals surface area contributed by atoms with Gasteiger partial charge in [0.15, 0.2) is 9.84 Å². The van der Waals surface area contributed by atoms with Gasteiger partial charge in [0.25, 0.3) is 0 Å². The lowest BCUT2D eigenvalue weighted by Gasteiger charge is -2.06. The highest BCUT2D eigenvalue weighted by molar-refractivity contribution is 7.90. The number of phenols is 1. The van der Waals surface area contributed by atoms with Gasteiger partial charge in [0.05, 0.1) is 11.5 Å². The summed E-state index contributed by atoms with van der Waals surface area (Å²) in [6.07, 6.45) is 0.875. The highest BCUT2D eigenvalue weighted by Gasteiger charge is 2.17. The molecule has 0 aliphatic carbocycles. The Kier molecular flexibility index (Phi) is 2.77. The molecule has 0 atom stereocenters. The summed E-state index contributed by atoms with van der Waals surface area (Å²) in [5, 5.41) is 17.8. The second-order valence-corrected chi connectivity index (χ2v) is 4.82. The van der Waals surface area contributed by atoms with Crippen LogP contribution in [0.2, 0.25) is 0 Å². The lowest BCUT2D eigenvalue weighted by atomic mass is 10.2. The largest absolute Gasteiger partial charge is 0.508 e. The molecule has 0 aliphatic heterocycles. The predicted octanol–water partition coefficient (Wildman–Crippen LogP) is 0.427. The fraction of sp³-hybridized carbons (Fsp3) is 0.250. The van der Waals surface area contributed by atoms with Gasteiger partial charge >= 0.3 is 0 Å². The molecule has 6 heteroatoms. The van der Waals surface area contributed by atoms with Crippen molar-refractivity contribution in [2.24, 2.45) is 0 Å². The van der Waals surface area contributed by atoms with Crippen LogP contribution in [-0.4, -0.2) is 24.9 Å². The smallest absolute Gasteiger partial charge is 0.176 e. The molecule has 0 fully saturated rings. The first-order valence-electron chi connectivity index (χ1n) is 3.68. The number of aromatic hydroxyl groups is 1. The quantitative estimate of drug-likeness (QED) is 0.757. The number of aliphatic hydroxyl groups excluding tert-OH is 1. The first kappa shape index (κ1) is 10.9. The van der Waals surface area contributed by atoms with Gasteiger partial charge in [-0.3, -0.25) is 0 Å². The Morgan fingerprint density at radius 2 is 2.00 bits per heavy atom. The third-order valence-electron chi connectivity index (χ3n) is 1.70. The second-order valence-electron chi connectivity index (χ2n) is 2.83. The fourth-order valence-electron chi connectivity index (χ4n) is 1.08. The van der Waals surface area contributed by atoms with E-state index in [9.17, 15) is 12.8 Å². The lowest BCUT2D eigenvalue weighted by Crippen LogP contribution is -2.04. The minimum absolute atomic E-state index is 0.328. The highest BCUT2D eigenvalue weighted by atomic mass is 32.2. The normalized spacial score (nSPS) is 11.6. The van der Waals surface area contributed by atoms with Gasteiger partial charge in [-0.25, -0.2) is 12.8 Å². The summed E-state index contributed by atoms with van der Waals surface area (Å²) in [5.74, 6) is -1.42. The molecule has 78 valence electrons. The van der Waals surface area contributed by atoms with Crippen LogP contribution in [0.3, 0.4) is 0 Å². The van der Waals surface area contributed by atoms with Gasteiger partial charge < -0.3 is 10.2 Å². The van der Waals surface area contributed by atoms with Gasteiger partial charge in [-0.2, -0.15) is 0 Å². The maximum Gasteiger partial charge on any atom is 0.176 e. The number of benzene rings is 1. The summed E-state index contributed by atoms with van der Waals surface area (Å²) < 4.78 is 35.3. The van der Waals surface area contributed by atoms with E-state index in [0.29, 0.717) is 0 Å². The van der Waals surface area contributed by atoms with Crippen LogP contribution in [0.15, 0.2) is 17.0 Å². The zero-order valence-electron chi connectivity index (χ0n) is 7.36. The van der Waals surface area contributed by atoms with Crippen LogP contribution in [0.5, 0.6) is 5.75 Å². The SMILES string of the molecule is CS(=O)(=O)c1cc(O)cc(F)c1CO. The second kappa shape index (κ2) is 3.55. The van der Waals surface area contributed by atoms with E-state index < -0.39 is 32.9 Å². The lowest BCUT2D eigenvalue weighted by molar-refractivity contribution is 0.271. The van der Waals surface area contributed by atoms with Crippen molar-refractivity contribution in [2.45, 2.75) is 11.5 Å². The third-order valence-corrected chi connectivity index (χ3v) is 2.86. The van der Waals surface area contributed by atoms with Gasteiger partial charge in [0.1, 0.15) is 11.6 Å². The van der Waals surface area contributed by atoms with E-state index in [2.05, 4.69) is 0 Å². The number of hydrogen-bond acceptors (Lipinski definition) is 4. The summed E-state index contributed by atoms with van der Waals surface area (Å²) in [4.78, 5) is -0.391. The Hall–Kier alpha value is -1.14. The van der Waals surface area contributed by atoms with Gasteiger partial charge in [0.2, 0.25) is 0 Å². The molecule has 1 aromatic rings. The maximum absolute atomic E-state index is 13.1. The maximum atomic E-state index is 13.1. The van der Waals surface area contributed by atoms with E-state index in [1.165, 1.54) is 0 Å². The number of rotatable bonds is 2. The van der Waals surface area contributed by atoms with Crippen LogP contribution in [0, 0.1) is 5.82 Å². The number of aliphatic hydroxyl groups is 1. The Balaban J connectivity index is 3.56. The Morgan fingerprint density at radius 3 is 2.43 bits per heavy atom. The molecule has 4 nitrogen and oxygen atoms in total. The third kappa shape index (κ3) is 2.02. The van der Waals surface area contributed by atoms with Crippen molar-refractivity contribution >= 4 is 9.84 Å². The summed E-state index contributed by atoms with van der Waals surface area (Å²) in [7, 11) is -3.65. The van der Waals surface area contributed by atoms with Gasteiger partial charge in [-0.15, -0.1) is 0 Å². The van der Waals surface area contributed by atoms with Crippen molar-refractivity contribution in [3.05, 3.63) is 23.5 Å². The van der Waals surface area contributed by atoms with E-state index in [4.69, 9.17) is 10.2 Å². The van der Waals surface area contributed by atoms with E-state index in [0.717, 1.165) is 18.4 Å². The topological polar surface area (TPSA) is 74.6 Å². The van der Waals surface area contributed by atoms with Crippen LogP contribution in [0.1, 0.15) is 5.56 Å². The standard InChI is InChI=1S/C8H9FO4S/c1-14(12,13)8-3-5(11)2-7(9)6(8)4-10/h2-3,10-11H,4H2,1H3. The molecule has 0 spiro atoms. The Bertz CT molecular complexity index is 453. The molecule has 0 aromatic heterocycles. The Labute approximate surface area is 80.5 Å². The molecular formula is C8H9FO4S. The predicted molar refractivity (Wildman–Crippen MR) is 47.1 cm³/mol. The van der Waals surface area contributed by atoms with Crippen molar-refractivity contribution in [2.75, 3.05) is 6.26 Å². The molecule has 0 bridgehead atoms. The molecule has 0 unspecified atom stereocenters. The monoisotopic (exact) mass is 220 g/mol. The first-order chi connectivity index (χ1) is 6.36. The van der Waals surface area contributed by atoms with Crippen molar-refractivity contribution in [3.63, 3.8) is 0 Å². The molecule has 0 heterocycles. The number of phenolic OH excluding ortho intramolecular Hbond substituents is 1. The molecule has 0 aliphatic rings. The number of sulfone groups is 1. The molecule has 0 saturated carbocycles. The van der Waals surface area contributed by atoms with Crippen LogP contribution in [0.4, 0.5) is 4.39 Å². The summed E-state index contributed by atoms with van der Waals surface area (Å²) in [6, 6.07) is 1.66. The molecule has 1 aromatic carbocycles. The minimum atomic E-state index is -3.65. The van der Waals surface area contributed by atoms with E-state index >= 15 is 0 Å². The fourth-order valence-corrected chi connectivity index (χ4v) is 2.03. The zero-order chi connectivity index (χ0) is 10.9. The first-order valence-corrected chi connectivity index (χ1v) is 5.57. The van der Waals surface area contributed by atoms with Crippen LogP contribution in [-0.2, 0) is 16.4 Å². The van der Waals surface area contributed by atoms with Gasteiger partial charge in [-0.05, 0) is 6.07 Å².